The lowest BCUT2D eigenvalue weighted by atomic mass is 10.1. The van der Waals surface area contributed by atoms with E-state index in [4.69, 9.17) is 4.74 Å². The van der Waals surface area contributed by atoms with Gasteiger partial charge in [-0.1, -0.05) is 20.8 Å². The molecular formula is C11H23NO2S. The summed E-state index contributed by atoms with van der Waals surface area (Å²) in [6.07, 6.45) is 0. The van der Waals surface area contributed by atoms with E-state index in [9.17, 15) is 4.79 Å². The summed E-state index contributed by atoms with van der Waals surface area (Å²) in [7, 11) is 1.44. The van der Waals surface area contributed by atoms with Gasteiger partial charge < -0.3 is 10.1 Å². The van der Waals surface area contributed by atoms with Crippen LogP contribution in [-0.2, 0) is 9.53 Å². The van der Waals surface area contributed by atoms with Crippen molar-refractivity contribution in [2.24, 2.45) is 5.92 Å². The molecule has 0 rings (SSSR count). The molecule has 0 bridgehead atoms. The number of methoxy groups -OCH3 is 1. The second kappa shape index (κ2) is 7.12. The largest absolute Gasteiger partial charge is 0.468 e. The first-order valence-electron chi connectivity index (χ1n) is 5.37. The molecule has 1 N–H and O–H groups in total. The third-order valence-electron chi connectivity index (χ3n) is 2.04. The van der Waals surface area contributed by atoms with Crippen molar-refractivity contribution in [1.29, 1.82) is 0 Å². The van der Waals surface area contributed by atoms with Crippen LogP contribution >= 0.6 is 11.8 Å². The molecule has 0 radical (unpaired) electrons. The molecule has 0 saturated heterocycles. The highest BCUT2D eigenvalue weighted by Crippen LogP contribution is 2.17. The van der Waals surface area contributed by atoms with Gasteiger partial charge in [0, 0.05) is 5.75 Å². The highest BCUT2D eigenvalue weighted by atomic mass is 32.2. The molecule has 0 aromatic heterocycles. The highest BCUT2D eigenvalue weighted by molar-refractivity contribution is 7.99. The lowest BCUT2D eigenvalue weighted by molar-refractivity contribution is -0.146. The van der Waals surface area contributed by atoms with Crippen LogP contribution < -0.4 is 5.32 Å². The number of carbonyl (C=O) groups is 1. The van der Waals surface area contributed by atoms with E-state index >= 15 is 0 Å². The van der Waals surface area contributed by atoms with Gasteiger partial charge in [0.15, 0.2) is 0 Å². The van der Waals surface area contributed by atoms with Crippen LogP contribution in [-0.4, -0.2) is 36.7 Å². The van der Waals surface area contributed by atoms with Gasteiger partial charge in [-0.15, -0.1) is 0 Å². The van der Waals surface area contributed by atoms with E-state index in [1.165, 1.54) is 7.11 Å². The van der Waals surface area contributed by atoms with Gasteiger partial charge in [-0.2, -0.15) is 11.8 Å². The Morgan fingerprint density at radius 1 is 1.53 bits per heavy atom. The Balaban J connectivity index is 4.19. The molecule has 3 nitrogen and oxygen atoms in total. The molecule has 0 aliphatic heterocycles. The molecule has 0 aliphatic rings. The van der Waals surface area contributed by atoms with Gasteiger partial charge in [-0.25, -0.2) is 0 Å². The van der Waals surface area contributed by atoms with Crippen molar-refractivity contribution < 1.29 is 9.53 Å². The van der Waals surface area contributed by atoms with Crippen LogP contribution in [0, 0.1) is 5.92 Å². The van der Waals surface area contributed by atoms with Gasteiger partial charge in [-0.05, 0) is 25.1 Å². The van der Waals surface area contributed by atoms with Crippen LogP contribution in [0.2, 0.25) is 0 Å². The van der Waals surface area contributed by atoms with E-state index in [0.717, 1.165) is 18.1 Å². The molecule has 15 heavy (non-hydrogen) atoms. The molecule has 1 unspecified atom stereocenters. The van der Waals surface area contributed by atoms with Crippen molar-refractivity contribution >= 4 is 17.7 Å². The van der Waals surface area contributed by atoms with Crippen LogP contribution in [0.25, 0.3) is 0 Å². The number of esters is 1. The Labute approximate surface area is 97.3 Å². The van der Waals surface area contributed by atoms with E-state index in [2.05, 4.69) is 19.2 Å². The summed E-state index contributed by atoms with van der Waals surface area (Å²) in [6, 6.07) is 0. The molecule has 1 atom stereocenters. The summed E-state index contributed by atoms with van der Waals surface area (Å²) < 4.78 is 4.81. The third-order valence-corrected chi connectivity index (χ3v) is 3.73. The van der Waals surface area contributed by atoms with Gasteiger partial charge in [0.2, 0.25) is 0 Å². The Morgan fingerprint density at radius 2 is 2.13 bits per heavy atom. The highest BCUT2D eigenvalue weighted by Gasteiger charge is 2.33. The van der Waals surface area contributed by atoms with Gasteiger partial charge in [0.05, 0.1) is 7.11 Å². The van der Waals surface area contributed by atoms with Gasteiger partial charge in [-0.3, -0.25) is 4.79 Å². The van der Waals surface area contributed by atoms with Crippen molar-refractivity contribution in [3.8, 4) is 0 Å². The molecule has 0 fully saturated rings. The number of hydrogen-bond donors (Lipinski definition) is 1. The van der Waals surface area contributed by atoms with Crippen molar-refractivity contribution in [1.82, 2.24) is 5.32 Å². The minimum atomic E-state index is -0.553. The second-order valence-corrected chi connectivity index (χ2v) is 5.29. The minimum absolute atomic E-state index is 0.180. The lowest BCUT2D eigenvalue weighted by Crippen LogP contribution is -2.52. The summed E-state index contributed by atoms with van der Waals surface area (Å²) in [5.74, 6) is 2.29. The maximum absolute atomic E-state index is 11.6. The maximum atomic E-state index is 11.6. The molecule has 0 saturated carbocycles. The summed E-state index contributed by atoms with van der Waals surface area (Å²) in [5, 5.41) is 3.19. The maximum Gasteiger partial charge on any atom is 0.326 e. The molecule has 0 spiro atoms. The smallest absolute Gasteiger partial charge is 0.326 e. The first-order valence-corrected chi connectivity index (χ1v) is 6.53. The van der Waals surface area contributed by atoms with Crippen LogP contribution in [0.3, 0.4) is 0 Å². The van der Waals surface area contributed by atoms with E-state index < -0.39 is 5.54 Å². The van der Waals surface area contributed by atoms with E-state index in [0.29, 0.717) is 5.92 Å². The van der Waals surface area contributed by atoms with Crippen molar-refractivity contribution in [2.75, 3.05) is 25.2 Å². The Kier molecular flexibility index (Phi) is 7.02. The Bertz CT molecular complexity index is 197. The Morgan fingerprint density at radius 3 is 2.53 bits per heavy atom. The van der Waals surface area contributed by atoms with Gasteiger partial charge in [0.25, 0.3) is 0 Å². The molecule has 0 aliphatic carbocycles. The van der Waals surface area contributed by atoms with Crippen LogP contribution in [0.1, 0.15) is 27.7 Å². The summed E-state index contributed by atoms with van der Waals surface area (Å²) in [4.78, 5) is 11.6. The molecule has 0 amide bonds. The van der Waals surface area contributed by atoms with Crippen molar-refractivity contribution in [2.45, 2.75) is 33.2 Å². The quantitative estimate of drug-likeness (QED) is 0.682. The number of carbonyl (C=O) groups excluding carboxylic acids is 1. The number of hydrogen-bond acceptors (Lipinski definition) is 4. The molecule has 0 aromatic carbocycles. The van der Waals surface area contributed by atoms with Gasteiger partial charge in [0.1, 0.15) is 5.54 Å². The summed E-state index contributed by atoms with van der Waals surface area (Å²) >= 11 is 1.79. The first-order chi connectivity index (χ1) is 6.96. The van der Waals surface area contributed by atoms with Crippen LogP contribution in [0.15, 0.2) is 0 Å². The second-order valence-electron chi connectivity index (χ2n) is 4.26. The molecular weight excluding hydrogens is 210 g/mol. The summed E-state index contributed by atoms with van der Waals surface area (Å²) in [5.41, 5.74) is -0.553. The fourth-order valence-electron chi connectivity index (χ4n) is 1.30. The molecule has 0 heterocycles. The lowest BCUT2D eigenvalue weighted by Gasteiger charge is -2.27. The SMILES string of the molecule is CCNC(C)(CSCC(C)C)C(=O)OC. The normalized spacial score (nSPS) is 15.1. The third kappa shape index (κ3) is 5.42. The predicted octanol–water partition coefficient (Wildman–Crippen LogP) is 1.92. The average Bonchev–Trinajstić information content (AvgIpc) is 2.16. The van der Waals surface area contributed by atoms with Gasteiger partial charge >= 0.3 is 5.97 Å². The number of likely N-dealkylation sites (N-methyl/N-ethyl adjacent to an activating group) is 1. The molecule has 0 aromatic rings. The minimum Gasteiger partial charge on any atom is -0.468 e. The van der Waals surface area contributed by atoms with E-state index in [-0.39, 0.29) is 5.97 Å². The molecule has 4 heteroatoms. The standard InChI is InChI=1S/C11H23NO2S/c1-6-12-11(4,10(13)14-5)8-15-7-9(2)3/h9,12H,6-8H2,1-5H3. The predicted molar refractivity (Wildman–Crippen MR) is 66.3 cm³/mol. The zero-order chi connectivity index (χ0) is 11.9. The van der Waals surface area contributed by atoms with Crippen LogP contribution in [0.4, 0.5) is 0 Å². The Hall–Kier alpha value is -0.220. The fourth-order valence-corrected chi connectivity index (χ4v) is 2.51. The van der Waals surface area contributed by atoms with Crippen molar-refractivity contribution in [3.05, 3.63) is 0 Å². The van der Waals surface area contributed by atoms with Crippen LogP contribution in [0.5, 0.6) is 0 Å². The first kappa shape index (κ1) is 14.8. The zero-order valence-corrected chi connectivity index (χ0v) is 11.2. The van der Waals surface area contributed by atoms with Crippen molar-refractivity contribution in [3.63, 3.8) is 0 Å². The number of rotatable bonds is 7. The summed E-state index contributed by atoms with van der Waals surface area (Å²) in [6.45, 7) is 9.02. The fraction of sp³-hybridized carbons (Fsp3) is 0.909. The average molecular weight is 233 g/mol. The number of ether oxygens (including phenoxy) is 1. The van der Waals surface area contributed by atoms with E-state index in [1.807, 2.05) is 13.8 Å². The topological polar surface area (TPSA) is 38.3 Å². The monoisotopic (exact) mass is 233 g/mol. The van der Waals surface area contributed by atoms with E-state index in [1.54, 1.807) is 11.8 Å². The number of thioether (sulfide) groups is 1. The zero-order valence-electron chi connectivity index (χ0n) is 10.4. The molecule has 90 valence electrons. The number of nitrogens with one attached hydrogen (secondary N) is 1.